The van der Waals surface area contributed by atoms with Gasteiger partial charge in [-0.3, -0.25) is 48.1 Å². The zero-order chi connectivity index (χ0) is 56.5. The molecule has 4 fully saturated rings. The summed E-state index contributed by atoms with van der Waals surface area (Å²) in [5, 5.41) is 22.7. The van der Waals surface area contributed by atoms with Crippen LogP contribution in [0.5, 0.6) is 0 Å². The Labute approximate surface area is 454 Å². The number of carbonyl (C=O) groups excluding carboxylic acids is 10. The number of primary amides is 1. The number of hydrogen-bond donors (Lipinski definition) is 6. The quantitative estimate of drug-likeness (QED) is 0.0428. The Morgan fingerprint density at radius 2 is 1.59 bits per heavy atom. The molecule has 4 aliphatic carbocycles. The van der Waals surface area contributed by atoms with Crippen LogP contribution >= 0.6 is 0 Å². The van der Waals surface area contributed by atoms with E-state index in [9.17, 15) is 53.1 Å². The Morgan fingerprint density at radius 3 is 2.27 bits per heavy atom. The van der Waals surface area contributed by atoms with Crippen LogP contribution in [0.1, 0.15) is 130 Å². The van der Waals surface area contributed by atoms with Crippen molar-refractivity contribution < 1.29 is 72.0 Å². The molecule has 6 aliphatic rings. The lowest BCUT2D eigenvalue weighted by molar-refractivity contribution is -0.201. The largest absolute Gasteiger partial charge is 0.461 e. The van der Waals surface area contributed by atoms with Gasteiger partial charge in [-0.1, -0.05) is 71.2 Å². The highest BCUT2D eigenvalue weighted by Crippen LogP contribution is 2.69. The Bertz CT molecular complexity index is 2560. The maximum Gasteiger partial charge on any atom is 0.312 e. The first-order valence-electron chi connectivity index (χ1n) is 27.5. The van der Waals surface area contributed by atoms with Gasteiger partial charge < -0.3 is 51.1 Å². The fourth-order valence-corrected chi connectivity index (χ4v) is 12.9. The third-order valence-electron chi connectivity index (χ3n) is 16.8. The summed E-state index contributed by atoms with van der Waals surface area (Å²) in [6.45, 7) is 9.17. The SMILES string of the molecule is CCCC1O[C@@H]2C[C@H]3[C@@H]4CCC5=CC(=O)C=C[C@]5(C)[C@H]4[C@@H](O)C[C@]3(C)[C@]2(C(=O)COC(=O)CCC(=O)OCc2ccc(NC(=O)[C@H](CCCNC(N)=O)NC(=O)[C@@H](NC(=O)CCCCCN3C(=O)C=CC3=O)C(C)C)cc2)O1. The first-order valence-corrected chi connectivity index (χ1v) is 27.5. The second-order valence-electron chi connectivity index (χ2n) is 22.3. The molecule has 11 atom stereocenters. The lowest BCUT2D eigenvalue weighted by Crippen LogP contribution is -2.63. The number of Topliss-reactive ketones (excluding diaryl/α,β-unsaturated/α-hetero) is 1. The van der Waals surface area contributed by atoms with E-state index in [1.807, 2.05) is 19.9 Å². The fraction of sp³-hybridized carbons (Fsp3) is 0.614. The second kappa shape index (κ2) is 25.5. The number of fused-ring (bicyclic) bond motifs is 7. The summed E-state index contributed by atoms with van der Waals surface area (Å²) in [6.07, 6.45) is 10.4. The number of ether oxygens (including phenoxy) is 4. The lowest BCUT2D eigenvalue weighted by Gasteiger charge is -2.59. The number of unbranched alkanes of at least 4 members (excludes halogenated alkanes) is 2. The van der Waals surface area contributed by atoms with Gasteiger partial charge in [-0.05, 0) is 105 Å². The smallest absolute Gasteiger partial charge is 0.312 e. The maximum absolute atomic E-state index is 14.5. The Morgan fingerprint density at radius 1 is 0.885 bits per heavy atom. The molecule has 424 valence electrons. The van der Waals surface area contributed by atoms with Gasteiger partial charge in [0.1, 0.15) is 18.7 Å². The number of rotatable bonds is 26. The number of esters is 2. The van der Waals surface area contributed by atoms with Gasteiger partial charge in [0.25, 0.3) is 11.8 Å². The van der Waals surface area contributed by atoms with E-state index in [0.29, 0.717) is 49.8 Å². The van der Waals surface area contributed by atoms with Crippen molar-refractivity contribution in [2.75, 3.05) is 25.0 Å². The molecular weight excluding hydrogens is 1010 g/mol. The molecule has 7 rings (SSSR count). The molecule has 0 radical (unpaired) electrons. The number of nitrogens with one attached hydrogen (secondary N) is 4. The summed E-state index contributed by atoms with van der Waals surface area (Å²) >= 11 is 0. The summed E-state index contributed by atoms with van der Waals surface area (Å²) < 4.78 is 24.1. The number of hydrogen-bond acceptors (Lipinski definition) is 15. The topological polar surface area (TPSA) is 305 Å². The van der Waals surface area contributed by atoms with Crippen molar-refractivity contribution >= 4 is 64.8 Å². The number of amides is 7. The highest BCUT2D eigenvalue weighted by molar-refractivity contribution is 6.12. The van der Waals surface area contributed by atoms with Crippen molar-refractivity contribution in [1.82, 2.24) is 20.9 Å². The van der Waals surface area contributed by atoms with Gasteiger partial charge in [-0.25, -0.2) is 4.79 Å². The first kappa shape index (κ1) is 59.1. The van der Waals surface area contributed by atoms with Gasteiger partial charge in [-0.15, -0.1) is 0 Å². The molecule has 0 aromatic heterocycles. The standard InChI is InChI=1S/C57H76N6O15/c1-6-11-49-77-43-29-39-38-19-16-35-28-37(64)24-25-55(35,4)50(38)41(65)30-56(39,5)57(43,78-49)42(66)32-76-48(71)23-22-47(70)75-31-34-14-17-36(18-15-34)60-52(72)40(12-10-26-59-54(58)74)61-53(73)51(33(2)3)62-44(67)13-8-7-9-27-63-45(68)20-21-46(63)69/h14-15,17-18,20-21,24-25,28,33,38-41,43,49-51,65H,6-13,16,19,22-23,26-27,29-32H2,1-5H3,(H,60,72)(H,61,73)(H,62,67)(H3,58,59,74)/t38-,39-,40-,41-,43+,49?,50+,51-,55-,56-,57+/m0/s1. The van der Waals surface area contributed by atoms with E-state index in [0.717, 1.165) is 23.3 Å². The van der Waals surface area contributed by atoms with Crippen LogP contribution in [0, 0.1) is 34.5 Å². The number of aliphatic hydroxyl groups excluding tert-OH is 1. The number of aliphatic hydroxyl groups is 1. The number of urea groups is 1. The van der Waals surface area contributed by atoms with E-state index < -0.39 is 89.2 Å². The summed E-state index contributed by atoms with van der Waals surface area (Å²) in [7, 11) is 0. The lowest BCUT2D eigenvalue weighted by atomic mass is 9.46. The second-order valence-corrected chi connectivity index (χ2v) is 22.3. The molecule has 0 bridgehead atoms. The third kappa shape index (κ3) is 13.1. The van der Waals surface area contributed by atoms with Gasteiger partial charge in [0, 0.05) is 54.1 Å². The van der Waals surface area contributed by atoms with E-state index in [2.05, 4.69) is 28.2 Å². The van der Waals surface area contributed by atoms with Crippen molar-refractivity contribution in [2.45, 2.75) is 167 Å². The van der Waals surface area contributed by atoms with Gasteiger partial charge in [0.05, 0.1) is 25.0 Å². The van der Waals surface area contributed by atoms with Crippen LogP contribution in [0.3, 0.4) is 0 Å². The number of nitrogens with two attached hydrogens (primary N) is 1. The minimum atomic E-state index is -1.47. The van der Waals surface area contributed by atoms with Gasteiger partial charge in [0.15, 0.2) is 24.3 Å². The molecule has 1 saturated heterocycles. The molecule has 78 heavy (non-hydrogen) atoms. The molecule has 2 heterocycles. The average molecular weight is 1090 g/mol. The average Bonchev–Trinajstić information content (AvgIpc) is 4.10. The van der Waals surface area contributed by atoms with Crippen molar-refractivity contribution in [2.24, 2.45) is 40.2 Å². The monoisotopic (exact) mass is 1080 g/mol. The molecule has 1 aromatic rings. The number of carbonyl (C=O) groups is 10. The third-order valence-corrected chi connectivity index (χ3v) is 16.8. The highest BCUT2D eigenvalue weighted by Gasteiger charge is 2.76. The number of nitrogens with zero attached hydrogens (tertiary/aromatic N) is 1. The van der Waals surface area contributed by atoms with Crippen molar-refractivity contribution in [1.29, 1.82) is 0 Å². The van der Waals surface area contributed by atoms with Crippen LogP contribution in [0.25, 0.3) is 0 Å². The summed E-state index contributed by atoms with van der Waals surface area (Å²) in [5.41, 5.74) is 4.32. The Balaban J connectivity index is 0.870. The predicted molar refractivity (Wildman–Crippen MR) is 281 cm³/mol. The van der Waals surface area contributed by atoms with Crippen molar-refractivity contribution in [3.8, 4) is 0 Å². The summed E-state index contributed by atoms with van der Waals surface area (Å²) in [5.74, 6) is -4.82. The van der Waals surface area contributed by atoms with Gasteiger partial charge in [0.2, 0.25) is 23.5 Å². The molecule has 21 heteroatoms. The molecule has 21 nitrogen and oxygen atoms in total. The van der Waals surface area contributed by atoms with E-state index in [-0.39, 0.29) is 105 Å². The molecule has 7 amide bonds. The maximum atomic E-state index is 14.5. The van der Waals surface area contributed by atoms with Crippen LogP contribution in [-0.4, -0.2) is 125 Å². The predicted octanol–water partition coefficient (Wildman–Crippen LogP) is 4.29. The molecule has 1 unspecified atom stereocenters. The molecule has 1 aromatic carbocycles. The number of anilines is 1. The van der Waals surface area contributed by atoms with Crippen LogP contribution in [-0.2, 0) is 68.7 Å². The van der Waals surface area contributed by atoms with Crippen LogP contribution in [0.4, 0.5) is 10.5 Å². The van der Waals surface area contributed by atoms with E-state index >= 15 is 0 Å². The molecule has 2 aliphatic heterocycles. The van der Waals surface area contributed by atoms with E-state index in [1.165, 1.54) is 12.2 Å². The minimum absolute atomic E-state index is 0.0182. The zero-order valence-electron chi connectivity index (χ0n) is 45.3. The Kier molecular flexibility index (Phi) is 19.3. The summed E-state index contributed by atoms with van der Waals surface area (Å²) in [4.78, 5) is 129. The van der Waals surface area contributed by atoms with Crippen LogP contribution in [0.2, 0.25) is 0 Å². The first-order chi connectivity index (χ1) is 37.1. The Hall–Kier alpha value is -6.58. The van der Waals surface area contributed by atoms with Gasteiger partial charge in [-0.2, -0.15) is 0 Å². The molecular formula is C57H76N6O15. The van der Waals surface area contributed by atoms with Crippen molar-refractivity contribution in [3.63, 3.8) is 0 Å². The fourth-order valence-electron chi connectivity index (χ4n) is 12.9. The van der Waals surface area contributed by atoms with E-state index in [4.69, 9.17) is 24.7 Å². The van der Waals surface area contributed by atoms with E-state index in [1.54, 1.807) is 50.3 Å². The number of benzene rings is 1. The summed E-state index contributed by atoms with van der Waals surface area (Å²) in [6, 6.07) is 3.56. The van der Waals surface area contributed by atoms with Crippen LogP contribution < -0.4 is 27.0 Å². The minimum Gasteiger partial charge on any atom is -0.461 e. The zero-order valence-corrected chi connectivity index (χ0v) is 45.3. The molecule has 7 N–H and O–H groups in total. The number of allylic oxidation sites excluding steroid dienone is 4. The van der Waals surface area contributed by atoms with Gasteiger partial charge >= 0.3 is 18.0 Å². The molecule has 3 saturated carbocycles. The molecule has 0 spiro atoms. The normalized spacial score (nSPS) is 28.4. The van der Waals surface area contributed by atoms with Crippen LogP contribution in [0.15, 0.2) is 60.2 Å². The number of ketones is 2. The highest BCUT2D eigenvalue weighted by atomic mass is 16.7. The van der Waals surface area contributed by atoms with Crippen molar-refractivity contribution in [3.05, 3.63) is 65.8 Å². The number of imide groups is 1.